The molecule has 0 spiro atoms. The van der Waals surface area contributed by atoms with Gasteiger partial charge in [0.2, 0.25) is 0 Å². The number of nitrogen functional groups attached to an aromatic ring is 1. The zero-order valence-corrected chi connectivity index (χ0v) is 12.3. The summed E-state index contributed by atoms with van der Waals surface area (Å²) < 4.78 is 7.57. The summed E-state index contributed by atoms with van der Waals surface area (Å²) in [4.78, 5) is 0. The quantitative estimate of drug-likeness (QED) is 0.795. The number of nitrogens with one attached hydrogen (secondary N) is 1. The zero-order chi connectivity index (χ0) is 14.5. The highest BCUT2D eigenvalue weighted by Gasteiger charge is 2.10. The Bertz CT molecular complexity index is 577. The number of nitrogens with two attached hydrogens (primary N) is 1. The van der Waals surface area contributed by atoms with Gasteiger partial charge in [-0.05, 0) is 38.5 Å². The summed E-state index contributed by atoms with van der Waals surface area (Å²) in [7, 11) is 0. The Labute approximate surface area is 119 Å². The number of anilines is 2. The molecule has 0 aliphatic rings. The third kappa shape index (κ3) is 3.23. The number of nitrogens with zero attached hydrogens (tertiary/aromatic N) is 2. The van der Waals surface area contributed by atoms with Crippen LogP contribution in [0.4, 0.5) is 11.5 Å². The van der Waals surface area contributed by atoms with Crippen LogP contribution in [0.5, 0.6) is 5.75 Å². The van der Waals surface area contributed by atoms with Crippen molar-refractivity contribution in [1.29, 1.82) is 0 Å². The van der Waals surface area contributed by atoms with E-state index in [1.54, 1.807) is 0 Å². The molecule has 5 nitrogen and oxygen atoms in total. The maximum absolute atomic E-state index is 6.01. The highest BCUT2D eigenvalue weighted by atomic mass is 16.5. The van der Waals surface area contributed by atoms with Crippen LogP contribution in [0.1, 0.15) is 18.2 Å². The number of benzene rings is 1. The van der Waals surface area contributed by atoms with Crippen molar-refractivity contribution in [3.05, 3.63) is 35.5 Å². The molecule has 2 aromatic rings. The van der Waals surface area contributed by atoms with Crippen molar-refractivity contribution >= 4 is 11.5 Å². The van der Waals surface area contributed by atoms with Gasteiger partial charge in [0, 0.05) is 6.54 Å². The highest BCUT2D eigenvalue weighted by molar-refractivity contribution is 5.64. The molecule has 0 saturated carbocycles. The van der Waals surface area contributed by atoms with Gasteiger partial charge in [-0.2, -0.15) is 5.10 Å². The second-order valence-electron chi connectivity index (χ2n) is 4.76. The molecule has 0 aliphatic carbocycles. The van der Waals surface area contributed by atoms with E-state index in [1.165, 1.54) is 5.56 Å². The predicted octanol–water partition coefficient (Wildman–Crippen LogP) is 2.59. The lowest BCUT2D eigenvalue weighted by Crippen LogP contribution is -2.15. The molecule has 1 aromatic carbocycles. The molecule has 108 valence electrons. The van der Waals surface area contributed by atoms with E-state index in [-0.39, 0.29) is 0 Å². The van der Waals surface area contributed by atoms with Crippen LogP contribution in [0.25, 0.3) is 0 Å². The molecule has 20 heavy (non-hydrogen) atoms. The normalized spacial score (nSPS) is 10.6. The summed E-state index contributed by atoms with van der Waals surface area (Å²) in [6.45, 7) is 8.06. The Kier molecular flexibility index (Phi) is 4.50. The van der Waals surface area contributed by atoms with Gasteiger partial charge in [0.15, 0.2) is 0 Å². The molecule has 0 bridgehead atoms. The lowest BCUT2D eigenvalue weighted by molar-refractivity contribution is 0.332. The van der Waals surface area contributed by atoms with E-state index in [4.69, 9.17) is 10.5 Å². The van der Waals surface area contributed by atoms with Crippen molar-refractivity contribution in [2.45, 2.75) is 27.3 Å². The van der Waals surface area contributed by atoms with Crippen LogP contribution in [-0.4, -0.2) is 22.9 Å². The fourth-order valence-electron chi connectivity index (χ4n) is 2.05. The van der Waals surface area contributed by atoms with Crippen LogP contribution in [0.15, 0.2) is 24.3 Å². The Morgan fingerprint density at radius 1 is 1.35 bits per heavy atom. The molecule has 0 unspecified atom stereocenters. The maximum Gasteiger partial charge on any atom is 0.148 e. The van der Waals surface area contributed by atoms with Crippen LogP contribution in [0.2, 0.25) is 0 Å². The molecular weight excluding hydrogens is 252 g/mol. The van der Waals surface area contributed by atoms with Gasteiger partial charge in [0.1, 0.15) is 18.2 Å². The third-order valence-corrected chi connectivity index (χ3v) is 3.13. The first-order valence-electron chi connectivity index (χ1n) is 6.88. The van der Waals surface area contributed by atoms with E-state index in [0.717, 1.165) is 23.8 Å². The average molecular weight is 274 g/mol. The number of rotatable bonds is 6. The Morgan fingerprint density at radius 3 is 2.85 bits per heavy atom. The summed E-state index contributed by atoms with van der Waals surface area (Å²) in [6, 6.07) is 8.02. The van der Waals surface area contributed by atoms with E-state index in [2.05, 4.69) is 10.4 Å². The van der Waals surface area contributed by atoms with Crippen molar-refractivity contribution in [1.82, 2.24) is 9.78 Å². The van der Waals surface area contributed by atoms with Gasteiger partial charge in [0.25, 0.3) is 0 Å². The summed E-state index contributed by atoms with van der Waals surface area (Å²) in [5, 5.41) is 7.65. The lowest BCUT2D eigenvalue weighted by Gasteiger charge is -2.10. The minimum atomic E-state index is 0.580. The lowest BCUT2D eigenvalue weighted by atomic mass is 10.2. The molecule has 0 saturated heterocycles. The molecule has 0 fully saturated rings. The van der Waals surface area contributed by atoms with E-state index < -0.39 is 0 Å². The van der Waals surface area contributed by atoms with Gasteiger partial charge < -0.3 is 15.8 Å². The van der Waals surface area contributed by atoms with Gasteiger partial charge in [-0.25, -0.2) is 4.68 Å². The van der Waals surface area contributed by atoms with E-state index in [9.17, 15) is 0 Å². The van der Waals surface area contributed by atoms with Gasteiger partial charge in [-0.15, -0.1) is 0 Å². The monoisotopic (exact) mass is 274 g/mol. The minimum Gasteiger partial charge on any atom is -0.492 e. The minimum absolute atomic E-state index is 0.580. The van der Waals surface area contributed by atoms with E-state index in [0.29, 0.717) is 18.8 Å². The Balaban J connectivity index is 1.87. The molecule has 0 amide bonds. The zero-order valence-electron chi connectivity index (χ0n) is 12.3. The predicted molar refractivity (Wildman–Crippen MR) is 82.2 cm³/mol. The number of hydrogen-bond donors (Lipinski definition) is 2. The fraction of sp³-hybridized carbons (Fsp3) is 0.400. The van der Waals surface area contributed by atoms with Crippen molar-refractivity contribution in [2.75, 3.05) is 24.2 Å². The first-order valence-corrected chi connectivity index (χ1v) is 6.88. The van der Waals surface area contributed by atoms with Crippen LogP contribution >= 0.6 is 0 Å². The molecule has 3 N–H and O–H groups in total. The number of aryl methyl sites for hydroxylation is 3. The SMILES string of the molecule is CCn1nc(C)c(N)c1NCCOc1cccc(C)c1. The van der Waals surface area contributed by atoms with Gasteiger partial charge in [-0.1, -0.05) is 12.1 Å². The molecule has 0 atom stereocenters. The molecule has 0 aliphatic heterocycles. The Morgan fingerprint density at radius 2 is 2.15 bits per heavy atom. The molecular formula is C15H22N4O. The molecule has 1 heterocycles. The standard InChI is InChI=1S/C15H22N4O/c1-4-19-15(14(16)12(3)18-19)17-8-9-20-13-7-5-6-11(2)10-13/h5-7,10,17H,4,8-9,16H2,1-3H3. The second kappa shape index (κ2) is 6.32. The smallest absolute Gasteiger partial charge is 0.148 e. The molecule has 1 aromatic heterocycles. The van der Waals surface area contributed by atoms with E-state index >= 15 is 0 Å². The van der Waals surface area contributed by atoms with Gasteiger partial charge in [-0.3, -0.25) is 0 Å². The number of ether oxygens (including phenoxy) is 1. The summed E-state index contributed by atoms with van der Waals surface area (Å²) in [6.07, 6.45) is 0. The van der Waals surface area contributed by atoms with Crippen molar-refractivity contribution in [2.24, 2.45) is 0 Å². The van der Waals surface area contributed by atoms with Crippen LogP contribution < -0.4 is 15.8 Å². The third-order valence-electron chi connectivity index (χ3n) is 3.13. The van der Waals surface area contributed by atoms with Gasteiger partial charge >= 0.3 is 0 Å². The van der Waals surface area contributed by atoms with Crippen molar-refractivity contribution < 1.29 is 4.74 Å². The van der Waals surface area contributed by atoms with Crippen LogP contribution in [-0.2, 0) is 6.54 Å². The average Bonchev–Trinajstić information content (AvgIpc) is 2.71. The second-order valence-corrected chi connectivity index (χ2v) is 4.76. The van der Waals surface area contributed by atoms with Gasteiger partial charge in [0.05, 0.1) is 17.9 Å². The van der Waals surface area contributed by atoms with Crippen molar-refractivity contribution in [3.8, 4) is 5.75 Å². The fourth-order valence-corrected chi connectivity index (χ4v) is 2.05. The first-order chi connectivity index (χ1) is 9.61. The Hall–Kier alpha value is -2.17. The number of aromatic nitrogens is 2. The van der Waals surface area contributed by atoms with Crippen LogP contribution in [0.3, 0.4) is 0 Å². The van der Waals surface area contributed by atoms with Crippen LogP contribution in [0, 0.1) is 13.8 Å². The molecule has 5 heteroatoms. The first kappa shape index (κ1) is 14.2. The largest absolute Gasteiger partial charge is 0.492 e. The highest BCUT2D eigenvalue weighted by Crippen LogP contribution is 2.21. The molecule has 2 rings (SSSR count). The maximum atomic E-state index is 6.01. The summed E-state index contributed by atoms with van der Waals surface area (Å²) in [5.41, 5.74) is 8.77. The molecule has 0 radical (unpaired) electrons. The topological polar surface area (TPSA) is 65.1 Å². The van der Waals surface area contributed by atoms with E-state index in [1.807, 2.05) is 49.7 Å². The summed E-state index contributed by atoms with van der Waals surface area (Å²) in [5.74, 6) is 1.76. The summed E-state index contributed by atoms with van der Waals surface area (Å²) >= 11 is 0. The number of hydrogen-bond acceptors (Lipinski definition) is 4. The van der Waals surface area contributed by atoms with Crippen molar-refractivity contribution in [3.63, 3.8) is 0 Å².